The maximum atomic E-state index is 6.37. The fourth-order valence-corrected chi connectivity index (χ4v) is 6.23. The predicted molar refractivity (Wildman–Crippen MR) is 196 cm³/mol. The fraction of sp³-hybridized carbons (Fsp3) is 0.487. The summed E-state index contributed by atoms with van der Waals surface area (Å²) in [6.07, 6.45) is 10.6. The number of nitrogens with two attached hydrogens (primary N) is 2. The Morgan fingerprint density at radius 1 is 0.959 bits per heavy atom. The number of rotatable bonds is 12. The topological polar surface area (TPSA) is 143 Å². The smallest absolute Gasteiger partial charge is 0.216 e. The summed E-state index contributed by atoms with van der Waals surface area (Å²) in [5.74, 6) is 3.73. The Bertz CT molecular complexity index is 1680. The van der Waals surface area contributed by atoms with Gasteiger partial charge in [0.1, 0.15) is 30.6 Å². The Hall–Kier alpha value is -4.12. The zero-order valence-electron chi connectivity index (χ0n) is 30.0. The predicted octanol–water partition coefficient (Wildman–Crippen LogP) is 6.82. The van der Waals surface area contributed by atoms with Gasteiger partial charge in [-0.1, -0.05) is 19.9 Å². The molecule has 5 N–H and O–H groups in total. The molecule has 49 heavy (non-hydrogen) atoms. The average molecular weight is 668 g/mol. The van der Waals surface area contributed by atoms with E-state index >= 15 is 0 Å². The minimum atomic E-state index is -0.325. The van der Waals surface area contributed by atoms with E-state index in [0.717, 1.165) is 89.8 Å². The number of anilines is 1. The molecule has 4 heterocycles. The summed E-state index contributed by atoms with van der Waals surface area (Å²) in [5, 5.41) is 3.45. The maximum absolute atomic E-state index is 6.37. The largest absolute Gasteiger partial charge is 0.491 e. The van der Waals surface area contributed by atoms with Crippen molar-refractivity contribution in [1.29, 1.82) is 0 Å². The minimum Gasteiger partial charge on any atom is -0.491 e. The highest BCUT2D eigenvalue weighted by Gasteiger charge is 2.33. The molecule has 1 saturated heterocycles. The van der Waals surface area contributed by atoms with Gasteiger partial charge >= 0.3 is 0 Å². The van der Waals surface area contributed by atoms with Crippen molar-refractivity contribution in [2.24, 2.45) is 17.4 Å². The van der Waals surface area contributed by atoms with Crippen molar-refractivity contribution in [3.05, 3.63) is 78.0 Å². The molecule has 2 aliphatic rings. The van der Waals surface area contributed by atoms with Gasteiger partial charge in [-0.25, -0.2) is 19.9 Å². The summed E-state index contributed by atoms with van der Waals surface area (Å²) in [6, 6.07) is 14.7. The second kappa shape index (κ2) is 16.1. The van der Waals surface area contributed by atoms with Gasteiger partial charge in [-0.3, -0.25) is 0 Å². The average Bonchev–Trinajstić information content (AvgIpc) is 3.55. The molecule has 1 aliphatic heterocycles. The highest BCUT2D eigenvalue weighted by atomic mass is 16.5. The molecule has 6 rings (SSSR count). The Morgan fingerprint density at radius 2 is 1.71 bits per heavy atom. The van der Waals surface area contributed by atoms with Gasteiger partial charge in [-0.2, -0.15) is 0 Å². The van der Waals surface area contributed by atoms with Crippen molar-refractivity contribution in [2.45, 2.75) is 90.8 Å². The van der Waals surface area contributed by atoms with Gasteiger partial charge in [0.05, 0.1) is 23.9 Å². The van der Waals surface area contributed by atoms with Crippen LogP contribution in [0.2, 0.25) is 0 Å². The van der Waals surface area contributed by atoms with Crippen LogP contribution in [0.3, 0.4) is 0 Å². The summed E-state index contributed by atoms with van der Waals surface area (Å²) in [7, 11) is 0. The van der Waals surface area contributed by atoms with Gasteiger partial charge in [0, 0.05) is 41.9 Å². The van der Waals surface area contributed by atoms with E-state index in [0.29, 0.717) is 31.1 Å². The van der Waals surface area contributed by atoms with Crippen molar-refractivity contribution in [2.75, 3.05) is 31.7 Å². The first-order valence-corrected chi connectivity index (χ1v) is 17.4. The van der Waals surface area contributed by atoms with E-state index in [-0.39, 0.29) is 11.1 Å². The molecule has 10 nitrogen and oxygen atoms in total. The molecule has 10 heteroatoms. The molecule has 3 aromatic heterocycles. The Kier molecular flexibility index (Phi) is 11.9. The van der Waals surface area contributed by atoms with Crippen LogP contribution in [0.5, 0.6) is 11.6 Å². The van der Waals surface area contributed by atoms with Gasteiger partial charge in [0.15, 0.2) is 0 Å². The Balaban J connectivity index is 0.000000199. The van der Waals surface area contributed by atoms with Crippen LogP contribution < -0.4 is 26.3 Å². The van der Waals surface area contributed by atoms with E-state index in [4.69, 9.17) is 25.7 Å². The quantitative estimate of drug-likeness (QED) is 0.147. The lowest BCUT2D eigenvalue weighted by Gasteiger charge is -2.37. The molecule has 1 saturated carbocycles. The van der Waals surface area contributed by atoms with Gasteiger partial charge in [-0.05, 0) is 119 Å². The fourth-order valence-electron chi connectivity index (χ4n) is 6.23. The molecule has 2 fully saturated rings. The van der Waals surface area contributed by atoms with Crippen LogP contribution in [-0.4, -0.2) is 63.5 Å². The Morgan fingerprint density at radius 3 is 2.37 bits per heavy atom. The first-order chi connectivity index (χ1) is 23.4. The zero-order chi connectivity index (χ0) is 35.0. The second-order valence-corrected chi connectivity index (χ2v) is 14.5. The van der Waals surface area contributed by atoms with Crippen molar-refractivity contribution >= 4 is 5.82 Å². The first kappa shape index (κ1) is 36.2. The van der Waals surface area contributed by atoms with Crippen molar-refractivity contribution < 1.29 is 14.2 Å². The highest BCUT2D eigenvalue weighted by Crippen LogP contribution is 2.31. The number of nitrogens with zero attached hydrogens (tertiary/aromatic N) is 4. The molecule has 0 amide bonds. The van der Waals surface area contributed by atoms with Crippen LogP contribution >= 0.6 is 0 Å². The lowest BCUT2D eigenvalue weighted by molar-refractivity contribution is 0.137. The van der Waals surface area contributed by atoms with Crippen LogP contribution in [0, 0.1) is 26.7 Å². The lowest BCUT2D eigenvalue weighted by atomic mass is 9.78. The third-order valence-electron chi connectivity index (χ3n) is 8.93. The van der Waals surface area contributed by atoms with E-state index in [1.807, 2.05) is 44.3 Å². The van der Waals surface area contributed by atoms with Crippen LogP contribution in [0.4, 0.5) is 5.82 Å². The SMILES string of the molecule is Cc1cc(-c2ccnc(NC3CCOC3)c2)ccc1OC[C@@](C)(N)CC(C)C.Cc1nccc(-c2cnc(OCC3(N)CCC3)c(C)c2)n1. The number of hydrogen-bond donors (Lipinski definition) is 3. The van der Waals surface area contributed by atoms with E-state index in [9.17, 15) is 0 Å². The molecule has 4 aromatic rings. The van der Waals surface area contributed by atoms with Crippen molar-refractivity contribution in [3.63, 3.8) is 0 Å². The summed E-state index contributed by atoms with van der Waals surface area (Å²) in [4.78, 5) is 17.4. The van der Waals surface area contributed by atoms with Crippen LogP contribution in [0.25, 0.3) is 22.4 Å². The molecule has 0 bridgehead atoms. The molecule has 0 spiro atoms. The Labute approximate surface area is 291 Å². The number of ether oxygens (including phenoxy) is 3. The normalized spacial score (nSPS) is 17.8. The van der Waals surface area contributed by atoms with E-state index < -0.39 is 0 Å². The molecule has 0 radical (unpaired) electrons. The second-order valence-electron chi connectivity index (χ2n) is 14.5. The van der Waals surface area contributed by atoms with E-state index in [1.165, 1.54) is 6.42 Å². The van der Waals surface area contributed by atoms with Gasteiger partial charge in [0.25, 0.3) is 0 Å². The molecule has 2 atom stereocenters. The lowest BCUT2D eigenvalue weighted by Crippen LogP contribution is -2.51. The van der Waals surface area contributed by atoms with Crippen LogP contribution in [0.15, 0.2) is 61.1 Å². The summed E-state index contributed by atoms with van der Waals surface area (Å²) >= 11 is 0. The van der Waals surface area contributed by atoms with E-state index in [2.05, 4.69) is 71.1 Å². The monoisotopic (exact) mass is 667 g/mol. The van der Waals surface area contributed by atoms with Crippen molar-refractivity contribution in [1.82, 2.24) is 19.9 Å². The third kappa shape index (κ3) is 10.4. The summed E-state index contributed by atoms with van der Waals surface area (Å²) < 4.78 is 17.3. The first-order valence-electron chi connectivity index (χ1n) is 17.4. The molecular formula is C39H53N7O3. The number of aromatic nitrogens is 4. The molecule has 1 aromatic carbocycles. The molecule has 1 aliphatic carbocycles. The number of nitrogens with one attached hydrogen (secondary N) is 1. The zero-order valence-corrected chi connectivity index (χ0v) is 30.0. The van der Waals surface area contributed by atoms with Crippen LogP contribution in [0.1, 0.15) is 69.8 Å². The minimum absolute atomic E-state index is 0.156. The van der Waals surface area contributed by atoms with Gasteiger partial charge < -0.3 is 31.0 Å². The summed E-state index contributed by atoms with van der Waals surface area (Å²) in [5.41, 5.74) is 18.3. The number of hydrogen-bond acceptors (Lipinski definition) is 10. The standard InChI is InChI=1S/C23H33N3O2.C16H20N4O/c1-16(2)13-23(4,24)15-28-21-6-5-18(11-17(21)3)19-7-9-25-22(12-19)26-20-8-10-27-14-20;1-11-8-13(14-4-7-18-12(2)20-14)9-19-15(11)21-10-16(17)5-3-6-16/h5-7,9,11-12,16,20H,8,10,13-15,24H2,1-4H3,(H,25,26);4,7-9H,3,5-6,10,17H2,1-2H3/t20?,23-;/m0./s1. The number of benzene rings is 1. The number of aryl methyl sites for hydroxylation is 3. The maximum Gasteiger partial charge on any atom is 0.216 e. The van der Waals surface area contributed by atoms with Gasteiger partial charge in [0.2, 0.25) is 5.88 Å². The van der Waals surface area contributed by atoms with E-state index in [1.54, 1.807) is 12.4 Å². The molecule has 1 unspecified atom stereocenters. The third-order valence-corrected chi connectivity index (χ3v) is 8.93. The highest BCUT2D eigenvalue weighted by molar-refractivity contribution is 5.68. The van der Waals surface area contributed by atoms with Crippen LogP contribution in [-0.2, 0) is 4.74 Å². The summed E-state index contributed by atoms with van der Waals surface area (Å²) in [6.45, 7) is 15.0. The molecule has 262 valence electrons. The molecular weight excluding hydrogens is 614 g/mol. The van der Waals surface area contributed by atoms with Crippen molar-refractivity contribution in [3.8, 4) is 34.0 Å². The van der Waals surface area contributed by atoms with Gasteiger partial charge in [-0.15, -0.1) is 0 Å². The number of pyridine rings is 2.